The first kappa shape index (κ1) is 68.3. The maximum absolute atomic E-state index is 14.3. The minimum Gasteiger partial charge on any atom is -0.462 e. The molecule has 0 saturated heterocycles. The van der Waals surface area contributed by atoms with Crippen LogP contribution in [0.1, 0.15) is 190 Å². The minimum absolute atomic E-state index is 0.303. The molecule has 86 heavy (non-hydrogen) atoms. The van der Waals surface area contributed by atoms with Crippen LogP contribution in [0.25, 0.3) is 0 Å². The van der Waals surface area contributed by atoms with E-state index in [1.807, 2.05) is 20.8 Å². The molecule has 12 bridgehead atoms. The van der Waals surface area contributed by atoms with E-state index < -0.39 is 120 Å². The van der Waals surface area contributed by atoms with Crippen LogP contribution in [0.15, 0.2) is 0 Å². The molecule has 0 aromatic carbocycles. The van der Waals surface area contributed by atoms with Crippen molar-refractivity contribution in [1.29, 1.82) is 0 Å². The van der Waals surface area contributed by atoms with Gasteiger partial charge >= 0.3 is 71.5 Å². The van der Waals surface area contributed by atoms with Gasteiger partial charge in [0.2, 0.25) is 0 Å². The van der Waals surface area contributed by atoms with Gasteiger partial charge in [-0.05, 0) is 202 Å². The Morgan fingerprint density at radius 3 is 0.919 bits per heavy atom. The summed E-state index contributed by atoms with van der Waals surface area (Å²) < 4.78 is 129. The van der Waals surface area contributed by atoms with Gasteiger partial charge in [0.25, 0.3) is 0 Å². The van der Waals surface area contributed by atoms with Gasteiger partial charge in [0.05, 0.1) is 17.3 Å². The molecule has 12 saturated carbocycles. The van der Waals surface area contributed by atoms with Crippen LogP contribution >= 0.6 is 0 Å². The number of hydrogen-bond acceptors (Lipinski definition) is 18. The lowest BCUT2D eigenvalue weighted by Gasteiger charge is -2.55. The van der Waals surface area contributed by atoms with E-state index in [4.69, 9.17) is 28.4 Å². The number of carbonyl (C=O) groups excluding carboxylic acids is 9. The Bertz CT molecular complexity index is 2370. The Balaban J connectivity index is 0.000000185. The highest BCUT2D eigenvalue weighted by molar-refractivity contribution is 6.02. The molecular weight excluding hydrogens is 1150 g/mol. The van der Waals surface area contributed by atoms with Crippen molar-refractivity contribution in [3.8, 4) is 0 Å². The summed E-state index contributed by atoms with van der Waals surface area (Å²) in [6.07, 6.45) is 16.0. The van der Waals surface area contributed by atoms with Crippen LogP contribution in [0.4, 0.5) is 26.3 Å². The van der Waals surface area contributed by atoms with E-state index in [1.165, 1.54) is 0 Å². The van der Waals surface area contributed by atoms with Crippen LogP contribution in [0.2, 0.25) is 0 Å². The highest BCUT2D eigenvalue weighted by Crippen LogP contribution is 2.60. The molecule has 12 aliphatic carbocycles. The van der Waals surface area contributed by atoms with Crippen molar-refractivity contribution in [3.05, 3.63) is 0 Å². The third-order valence-corrected chi connectivity index (χ3v) is 19.7. The summed E-state index contributed by atoms with van der Waals surface area (Å²) in [6.45, 7) is 9.60. The van der Waals surface area contributed by atoms with Crippen molar-refractivity contribution in [1.82, 2.24) is 0 Å². The van der Waals surface area contributed by atoms with Gasteiger partial charge < -0.3 is 42.6 Å². The van der Waals surface area contributed by atoms with Gasteiger partial charge in [0.15, 0.2) is 0 Å². The lowest BCUT2D eigenvalue weighted by atomic mass is 9.54. The SMILES string of the molecule is CCC(C)(C)C(=O)OCCOC(=O)C(F)(F)C(=O)OC12CC3CC(CC(C3)C1)C2.CCC(C)C(=O)OCCOC(=O)C(F)(F)C(=O)OC12CC3CC(CC(C3)C1)C2.CCC(C)C(=O)OCCOC(=O)C(F)(F)CC(=O)OC12CC3CC(CC(C3)C1)C2. The summed E-state index contributed by atoms with van der Waals surface area (Å²) in [6, 6.07) is 0. The first-order chi connectivity index (χ1) is 40.2. The molecule has 12 fully saturated rings. The number of ether oxygens (including phenoxy) is 9. The smallest absolute Gasteiger partial charge is 0.437 e. The van der Waals surface area contributed by atoms with Crippen molar-refractivity contribution in [3.63, 3.8) is 0 Å². The van der Waals surface area contributed by atoms with Crippen molar-refractivity contribution in [2.45, 2.75) is 224 Å². The van der Waals surface area contributed by atoms with Crippen LogP contribution in [0, 0.1) is 70.5 Å². The van der Waals surface area contributed by atoms with Crippen LogP contribution < -0.4 is 0 Å². The van der Waals surface area contributed by atoms with Crippen LogP contribution in [-0.2, 0) is 85.8 Å². The number of carbonyl (C=O) groups is 9. The Labute approximate surface area is 498 Å². The van der Waals surface area contributed by atoms with Crippen molar-refractivity contribution in [2.75, 3.05) is 39.6 Å². The molecule has 12 rings (SSSR count). The molecule has 12 aliphatic rings. The average molecular weight is 1240 g/mol. The monoisotopic (exact) mass is 1230 g/mol. The Kier molecular flexibility index (Phi) is 22.0. The highest BCUT2D eigenvalue weighted by Gasteiger charge is 2.61. The Morgan fingerprint density at radius 2 is 0.640 bits per heavy atom. The standard InChI is InChI=1S/2C21H30F2O6.C20H28F2O6/c1-4-19(2,3)16(24)27-5-6-28-17(25)21(22,23)18(26)29-20-10-13-7-14(11-20)9-15(8-13)12-20;1-3-13(2)18(25)27-4-5-28-19(26)21(22,23)12-17(24)29-20-9-14-6-15(10-20)8-16(7-14)11-20;1-3-12(2)16(23)26-4-5-27-17(24)20(21,22)18(25)28-19-9-13-6-14(10-19)8-15(7-13)11-19/h13-15H,4-12H2,1-3H3;13-16H,3-12H2,1-2H3;12-15H,3-11H2,1-2H3. The Morgan fingerprint density at radius 1 is 0.384 bits per heavy atom. The molecule has 18 nitrogen and oxygen atoms in total. The summed E-state index contributed by atoms with van der Waals surface area (Å²) in [4.78, 5) is 106. The molecule has 0 aromatic heterocycles. The van der Waals surface area contributed by atoms with Crippen molar-refractivity contribution < 1.29 is 112 Å². The van der Waals surface area contributed by atoms with Gasteiger partial charge in [-0.3, -0.25) is 19.2 Å². The average Bonchev–Trinajstić information content (AvgIpc) is 1.04. The molecule has 0 spiro atoms. The van der Waals surface area contributed by atoms with E-state index in [0.29, 0.717) is 111 Å². The minimum atomic E-state index is -4.38. The van der Waals surface area contributed by atoms with E-state index >= 15 is 0 Å². The number of rotatable bonds is 25. The second kappa shape index (κ2) is 27.7. The second-order valence-electron chi connectivity index (χ2n) is 27.3. The molecule has 0 amide bonds. The fourth-order valence-corrected chi connectivity index (χ4v) is 15.8. The molecular formula is C62H88F6O18. The molecule has 486 valence electrons. The number of hydrogen-bond donors (Lipinski definition) is 0. The highest BCUT2D eigenvalue weighted by atomic mass is 19.3. The van der Waals surface area contributed by atoms with E-state index in [1.54, 1.807) is 27.7 Å². The van der Waals surface area contributed by atoms with E-state index in [2.05, 4.69) is 14.2 Å². The zero-order chi connectivity index (χ0) is 63.2. The summed E-state index contributed by atoms with van der Waals surface area (Å²) in [5.41, 5.74) is -3.07. The topological polar surface area (TPSA) is 237 Å². The molecule has 2 unspecified atom stereocenters. The van der Waals surface area contributed by atoms with Gasteiger partial charge in [0, 0.05) is 0 Å². The quantitative estimate of drug-likeness (QED) is 0.0271. The predicted octanol–water partition coefficient (Wildman–Crippen LogP) is 10.6. The summed E-state index contributed by atoms with van der Waals surface area (Å²) in [5, 5.41) is 0. The first-order valence-corrected chi connectivity index (χ1v) is 31.1. The zero-order valence-corrected chi connectivity index (χ0v) is 50.8. The fraction of sp³-hybridized carbons (Fsp3) is 0.855. The van der Waals surface area contributed by atoms with Crippen molar-refractivity contribution in [2.24, 2.45) is 70.5 Å². The number of alkyl halides is 6. The first-order valence-electron chi connectivity index (χ1n) is 31.1. The normalized spacial score (nSPS) is 31.3. The summed E-state index contributed by atoms with van der Waals surface area (Å²) in [7, 11) is 0. The van der Waals surface area contributed by atoms with E-state index in [9.17, 15) is 69.5 Å². The summed E-state index contributed by atoms with van der Waals surface area (Å²) in [5.74, 6) is -21.3. The van der Waals surface area contributed by atoms with Crippen molar-refractivity contribution >= 4 is 53.7 Å². The number of esters is 9. The summed E-state index contributed by atoms with van der Waals surface area (Å²) >= 11 is 0. The van der Waals surface area contributed by atoms with E-state index in [0.717, 1.165) is 77.0 Å². The lowest BCUT2D eigenvalue weighted by Crippen LogP contribution is -2.55. The molecule has 0 aliphatic heterocycles. The predicted molar refractivity (Wildman–Crippen MR) is 289 cm³/mol. The molecule has 0 N–H and O–H groups in total. The van der Waals surface area contributed by atoms with Crippen LogP contribution in [-0.4, -0.2) is 128 Å². The molecule has 2 atom stereocenters. The van der Waals surface area contributed by atoms with Gasteiger partial charge in [0.1, 0.15) is 62.9 Å². The lowest BCUT2D eigenvalue weighted by molar-refractivity contribution is -0.217. The molecule has 24 heteroatoms. The van der Waals surface area contributed by atoms with Gasteiger partial charge in [-0.2, -0.15) is 26.3 Å². The zero-order valence-electron chi connectivity index (χ0n) is 50.8. The van der Waals surface area contributed by atoms with E-state index in [-0.39, 0.29) is 31.7 Å². The second-order valence-corrected chi connectivity index (χ2v) is 27.3. The van der Waals surface area contributed by atoms with Gasteiger partial charge in [-0.25, -0.2) is 24.0 Å². The van der Waals surface area contributed by atoms with Gasteiger partial charge in [-0.1, -0.05) is 34.6 Å². The van der Waals surface area contributed by atoms with Crippen LogP contribution in [0.3, 0.4) is 0 Å². The van der Waals surface area contributed by atoms with Gasteiger partial charge in [-0.15, -0.1) is 0 Å². The third kappa shape index (κ3) is 16.9. The number of halogens is 6. The molecule has 0 heterocycles. The largest absolute Gasteiger partial charge is 0.462 e. The third-order valence-electron chi connectivity index (χ3n) is 19.7. The maximum Gasteiger partial charge on any atom is 0.437 e. The maximum atomic E-state index is 14.3. The fourth-order valence-electron chi connectivity index (χ4n) is 15.8. The molecule has 0 aromatic rings. The van der Waals surface area contributed by atoms with Crippen LogP contribution in [0.5, 0.6) is 0 Å². The molecule has 0 radical (unpaired) electrons. The Hall–Kier alpha value is -5.19.